The van der Waals surface area contributed by atoms with Crippen LogP contribution in [0.5, 0.6) is 0 Å². The molecule has 4 atom stereocenters. The van der Waals surface area contributed by atoms with Gasteiger partial charge in [0.05, 0.1) is 6.54 Å². The number of hydrogen-bond acceptors (Lipinski definition) is 3. The molecule has 0 spiro atoms. The fourth-order valence-electron chi connectivity index (χ4n) is 3.55. The molecule has 4 heteroatoms. The Morgan fingerprint density at radius 1 is 1.16 bits per heavy atom. The Morgan fingerprint density at radius 2 is 1.79 bits per heavy atom. The van der Waals surface area contributed by atoms with Gasteiger partial charge in [0.2, 0.25) is 5.91 Å². The molecule has 0 radical (unpaired) electrons. The predicted octanol–water partition coefficient (Wildman–Crippen LogP) is 1.16. The summed E-state index contributed by atoms with van der Waals surface area (Å²) in [5.74, 6) is 2.09. The van der Waals surface area contributed by atoms with Crippen molar-refractivity contribution in [2.75, 3.05) is 32.7 Å². The Hall–Kier alpha value is -0.610. The maximum Gasteiger partial charge on any atom is 0.236 e. The van der Waals surface area contributed by atoms with E-state index in [4.69, 9.17) is 5.73 Å². The van der Waals surface area contributed by atoms with E-state index in [-0.39, 0.29) is 0 Å². The maximum atomic E-state index is 12.4. The van der Waals surface area contributed by atoms with Gasteiger partial charge in [0.15, 0.2) is 0 Å². The lowest BCUT2D eigenvalue weighted by molar-refractivity contribution is -0.135. The second-order valence-electron chi connectivity index (χ2n) is 6.91. The van der Waals surface area contributed by atoms with Gasteiger partial charge in [-0.05, 0) is 30.6 Å². The fourth-order valence-corrected chi connectivity index (χ4v) is 3.55. The van der Waals surface area contributed by atoms with Crippen molar-refractivity contribution in [2.45, 2.75) is 39.7 Å². The van der Waals surface area contributed by atoms with Crippen LogP contribution < -0.4 is 5.73 Å². The third kappa shape index (κ3) is 3.93. The van der Waals surface area contributed by atoms with E-state index in [2.05, 4.69) is 30.6 Å². The van der Waals surface area contributed by atoms with Crippen molar-refractivity contribution in [3.8, 4) is 0 Å². The SMILES string of the molecule is CC1CC(C)CN(C(=O)CN2CCC(N)C(C)C2)C1. The van der Waals surface area contributed by atoms with Gasteiger partial charge in [0.1, 0.15) is 0 Å². The van der Waals surface area contributed by atoms with Gasteiger partial charge in [-0.15, -0.1) is 0 Å². The van der Waals surface area contributed by atoms with Gasteiger partial charge < -0.3 is 10.6 Å². The molecule has 4 unspecified atom stereocenters. The standard InChI is InChI=1S/C15H29N3O/c1-11-6-12(2)8-18(7-11)15(19)10-17-5-4-14(16)13(3)9-17/h11-14H,4-10,16H2,1-3H3. The molecule has 0 aliphatic carbocycles. The highest BCUT2D eigenvalue weighted by atomic mass is 16.2. The molecule has 0 aromatic heterocycles. The Morgan fingerprint density at radius 3 is 2.37 bits per heavy atom. The van der Waals surface area contributed by atoms with E-state index in [0.29, 0.717) is 36.2 Å². The molecule has 2 N–H and O–H groups in total. The molecule has 2 aliphatic rings. The molecule has 19 heavy (non-hydrogen) atoms. The van der Waals surface area contributed by atoms with Crippen molar-refractivity contribution in [1.29, 1.82) is 0 Å². The zero-order valence-corrected chi connectivity index (χ0v) is 12.6. The number of hydrogen-bond donors (Lipinski definition) is 1. The van der Waals surface area contributed by atoms with E-state index >= 15 is 0 Å². The number of rotatable bonds is 2. The van der Waals surface area contributed by atoms with Crippen molar-refractivity contribution in [3.05, 3.63) is 0 Å². The number of nitrogens with two attached hydrogens (primary N) is 1. The highest BCUT2D eigenvalue weighted by Crippen LogP contribution is 2.21. The third-order valence-electron chi connectivity index (χ3n) is 4.64. The van der Waals surface area contributed by atoms with Crippen molar-refractivity contribution in [1.82, 2.24) is 9.80 Å². The Labute approximate surface area is 117 Å². The monoisotopic (exact) mass is 267 g/mol. The molecule has 0 aromatic rings. The average molecular weight is 267 g/mol. The van der Waals surface area contributed by atoms with Gasteiger partial charge in [-0.1, -0.05) is 20.8 Å². The molecule has 4 nitrogen and oxygen atoms in total. The maximum absolute atomic E-state index is 12.4. The quantitative estimate of drug-likeness (QED) is 0.817. The molecule has 0 saturated carbocycles. The molecule has 0 aromatic carbocycles. The van der Waals surface area contributed by atoms with Crippen LogP contribution in [-0.2, 0) is 4.79 Å². The second kappa shape index (κ2) is 6.23. The van der Waals surface area contributed by atoms with Crippen LogP contribution in [0.2, 0.25) is 0 Å². The number of piperidine rings is 2. The van der Waals surface area contributed by atoms with Crippen molar-refractivity contribution in [3.63, 3.8) is 0 Å². The lowest BCUT2D eigenvalue weighted by atomic mass is 9.91. The smallest absolute Gasteiger partial charge is 0.236 e. The summed E-state index contributed by atoms with van der Waals surface area (Å²) in [4.78, 5) is 16.7. The molecular formula is C15H29N3O. The number of amides is 1. The van der Waals surface area contributed by atoms with Gasteiger partial charge in [-0.2, -0.15) is 0 Å². The first-order valence-electron chi connectivity index (χ1n) is 7.71. The number of likely N-dealkylation sites (tertiary alicyclic amines) is 2. The zero-order chi connectivity index (χ0) is 14.0. The summed E-state index contributed by atoms with van der Waals surface area (Å²) in [5, 5.41) is 0. The number of carbonyl (C=O) groups excluding carboxylic acids is 1. The summed E-state index contributed by atoms with van der Waals surface area (Å²) in [7, 11) is 0. The van der Waals surface area contributed by atoms with Gasteiger partial charge in [0.25, 0.3) is 0 Å². The number of nitrogens with zero attached hydrogens (tertiary/aromatic N) is 2. The minimum absolute atomic E-state index is 0.307. The molecule has 110 valence electrons. The summed E-state index contributed by atoms with van der Waals surface area (Å²) < 4.78 is 0. The van der Waals surface area contributed by atoms with Crippen LogP contribution in [0.25, 0.3) is 0 Å². The van der Waals surface area contributed by atoms with Gasteiger partial charge >= 0.3 is 0 Å². The lowest BCUT2D eigenvalue weighted by Crippen LogP contribution is -2.51. The first kappa shape index (κ1) is 14.8. The normalized spacial score (nSPS) is 37.4. The summed E-state index contributed by atoms with van der Waals surface area (Å²) >= 11 is 0. The van der Waals surface area contributed by atoms with E-state index in [0.717, 1.165) is 32.6 Å². The number of carbonyl (C=O) groups is 1. The van der Waals surface area contributed by atoms with Crippen LogP contribution in [0, 0.1) is 17.8 Å². The predicted molar refractivity (Wildman–Crippen MR) is 77.7 cm³/mol. The van der Waals surface area contributed by atoms with Crippen LogP contribution in [-0.4, -0.2) is 54.5 Å². The largest absolute Gasteiger partial charge is 0.341 e. The molecular weight excluding hydrogens is 238 g/mol. The molecule has 0 bridgehead atoms. The summed E-state index contributed by atoms with van der Waals surface area (Å²) in [6.07, 6.45) is 2.26. The zero-order valence-electron chi connectivity index (χ0n) is 12.6. The minimum atomic E-state index is 0.307. The molecule has 2 fully saturated rings. The van der Waals surface area contributed by atoms with Crippen LogP contribution in [0.1, 0.15) is 33.6 Å². The van der Waals surface area contributed by atoms with E-state index < -0.39 is 0 Å². The Kier molecular flexibility index (Phi) is 4.85. The van der Waals surface area contributed by atoms with Gasteiger partial charge in [0, 0.05) is 32.2 Å². The van der Waals surface area contributed by atoms with Crippen molar-refractivity contribution in [2.24, 2.45) is 23.5 Å². The lowest BCUT2D eigenvalue weighted by Gasteiger charge is -2.38. The Balaban J connectivity index is 1.83. The molecule has 1 amide bonds. The average Bonchev–Trinajstić information content (AvgIpc) is 2.32. The van der Waals surface area contributed by atoms with Crippen molar-refractivity contribution >= 4 is 5.91 Å². The molecule has 2 saturated heterocycles. The van der Waals surface area contributed by atoms with Crippen LogP contribution >= 0.6 is 0 Å². The minimum Gasteiger partial charge on any atom is -0.341 e. The van der Waals surface area contributed by atoms with Gasteiger partial charge in [-0.25, -0.2) is 0 Å². The van der Waals surface area contributed by atoms with E-state index in [1.165, 1.54) is 6.42 Å². The highest BCUT2D eigenvalue weighted by Gasteiger charge is 2.29. The summed E-state index contributed by atoms with van der Waals surface area (Å²) in [6.45, 7) is 11.1. The van der Waals surface area contributed by atoms with Crippen molar-refractivity contribution < 1.29 is 4.79 Å². The van der Waals surface area contributed by atoms with Crippen LogP contribution in [0.3, 0.4) is 0 Å². The van der Waals surface area contributed by atoms with Gasteiger partial charge in [-0.3, -0.25) is 9.69 Å². The van der Waals surface area contributed by atoms with E-state index in [9.17, 15) is 4.79 Å². The first-order valence-corrected chi connectivity index (χ1v) is 7.71. The first-order chi connectivity index (χ1) is 8.95. The fraction of sp³-hybridized carbons (Fsp3) is 0.933. The van der Waals surface area contributed by atoms with E-state index in [1.807, 2.05) is 0 Å². The molecule has 2 aliphatic heterocycles. The van der Waals surface area contributed by atoms with Crippen LogP contribution in [0.15, 0.2) is 0 Å². The molecule has 2 heterocycles. The third-order valence-corrected chi connectivity index (χ3v) is 4.64. The molecule has 2 rings (SSSR count). The van der Waals surface area contributed by atoms with E-state index in [1.54, 1.807) is 0 Å². The summed E-state index contributed by atoms with van der Waals surface area (Å²) in [5.41, 5.74) is 6.03. The Bertz CT molecular complexity index is 311. The summed E-state index contributed by atoms with van der Waals surface area (Å²) in [6, 6.07) is 0.307. The topological polar surface area (TPSA) is 49.6 Å². The highest BCUT2D eigenvalue weighted by molar-refractivity contribution is 5.78. The second-order valence-corrected chi connectivity index (χ2v) is 6.91. The van der Waals surface area contributed by atoms with Crippen LogP contribution in [0.4, 0.5) is 0 Å².